The molecule has 0 unspecified atom stereocenters. The summed E-state index contributed by atoms with van der Waals surface area (Å²) in [6, 6.07) is 4.92. The molecule has 2 N–H and O–H groups in total. The van der Waals surface area contributed by atoms with E-state index in [-0.39, 0.29) is 5.91 Å². The second-order valence-electron chi connectivity index (χ2n) is 5.55. The molecule has 1 aliphatic carbocycles. The number of carbonyl (C=O) groups is 1. The maximum absolute atomic E-state index is 11.6. The Morgan fingerprint density at radius 3 is 2.63 bits per heavy atom. The molecule has 3 nitrogen and oxygen atoms in total. The van der Waals surface area contributed by atoms with Gasteiger partial charge in [-0.2, -0.15) is 0 Å². The van der Waals surface area contributed by atoms with E-state index < -0.39 is 0 Å². The van der Waals surface area contributed by atoms with Gasteiger partial charge in [0, 0.05) is 12.6 Å². The highest BCUT2D eigenvalue weighted by Gasteiger charge is 2.20. The van der Waals surface area contributed by atoms with Crippen LogP contribution in [-0.4, -0.2) is 25.0 Å². The van der Waals surface area contributed by atoms with Gasteiger partial charge in [0.2, 0.25) is 5.91 Å². The molecule has 0 atom stereocenters. The first kappa shape index (κ1) is 14.1. The van der Waals surface area contributed by atoms with E-state index in [1.165, 1.54) is 35.1 Å². The van der Waals surface area contributed by atoms with Crippen molar-refractivity contribution in [3.05, 3.63) is 34.4 Å². The number of amides is 1. The van der Waals surface area contributed by atoms with Gasteiger partial charge in [-0.3, -0.25) is 4.79 Å². The fraction of sp³-hybridized carbons (Fsp3) is 0.562. The number of hydrogen-bond donors (Lipinski definition) is 2. The Morgan fingerprint density at radius 1 is 1.21 bits per heavy atom. The zero-order valence-corrected chi connectivity index (χ0v) is 12.2. The van der Waals surface area contributed by atoms with Gasteiger partial charge in [0.25, 0.3) is 0 Å². The predicted octanol–water partition coefficient (Wildman–Crippen LogP) is 2.02. The molecule has 1 aliphatic rings. The smallest absolute Gasteiger partial charge is 0.233 e. The molecule has 0 saturated heterocycles. The number of nitrogens with one attached hydrogen (secondary N) is 2. The Bertz CT molecular complexity index is 464. The molecule has 1 amide bonds. The monoisotopic (exact) mass is 260 g/mol. The van der Waals surface area contributed by atoms with Gasteiger partial charge in [-0.05, 0) is 62.3 Å². The van der Waals surface area contributed by atoms with Gasteiger partial charge in [0.1, 0.15) is 0 Å². The van der Waals surface area contributed by atoms with E-state index in [0.29, 0.717) is 19.1 Å². The van der Waals surface area contributed by atoms with Crippen LogP contribution < -0.4 is 10.6 Å². The third-order valence-electron chi connectivity index (χ3n) is 4.02. The van der Waals surface area contributed by atoms with Gasteiger partial charge < -0.3 is 10.6 Å². The summed E-state index contributed by atoms with van der Waals surface area (Å²) < 4.78 is 0. The maximum Gasteiger partial charge on any atom is 0.233 e. The van der Waals surface area contributed by atoms with Gasteiger partial charge in [-0.25, -0.2) is 0 Å². The summed E-state index contributed by atoms with van der Waals surface area (Å²) >= 11 is 0. The molecule has 2 rings (SSSR count). The lowest BCUT2D eigenvalue weighted by Gasteiger charge is -2.12. The van der Waals surface area contributed by atoms with Crippen LogP contribution in [0.5, 0.6) is 0 Å². The van der Waals surface area contributed by atoms with Crippen LogP contribution in [0.25, 0.3) is 0 Å². The highest BCUT2D eigenvalue weighted by molar-refractivity contribution is 5.78. The molecule has 0 bridgehead atoms. The van der Waals surface area contributed by atoms with E-state index in [1.807, 2.05) is 0 Å². The number of benzene rings is 1. The van der Waals surface area contributed by atoms with Crippen molar-refractivity contribution >= 4 is 5.91 Å². The maximum atomic E-state index is 11.6. The molecule has 0 aliphatic heterocycles. The topological polar surface area (TPSA) is 41.1 Å². The van der Waals surface area contributed by atoms with Crippen LogP contribution in [0.15, 0.2) is 12.1 Å². The van der Waals surface area contributed by atoms with Gasteiger partial charge in [0.05, 0.1) is 6.54 Å². The van der Waals surface area contributed by atoms with Crippen molar-refractivity contribution in [2.24, 2.45) is 0 Å². The lowest BCUT2D eigenvalue weighted by molar-refractivity contribution is -0.120. The highest BCUT2D eigenvalue weighted by Crippen LogP contribution is 2.18. The second-order valence-corrected chi connectivity index (χ2v) is 5.55. The first-order valence-corrected chi connectivity index (χ1v) is 7.13. The van der Waals surface area contributed by atoms with Gasteiger partial charge in [0.15, 0.2) is 0 Å². The normalized spacial score (nSPS) is 14.5. The third kappa shape index (κ3) is 4.06. The zero-order valence-electron chi connectivity index (χ0n) is 12.2. The first-order chi connectivity index (χ1) is 9.08. The summed E-state index contributed by atoms with van der Waals surface area (Å²) in [4.78, 5) is 11.6. The number of hydrogen-bond acceptors (Lipinski definition) is 2. The molecule has 0 aromatic heterocycles. The first-order valence-electron chi connectivity index (χ1n) is 7.13. The summed E-state index contributed by atoms with van der Waals surface area (Å²) in [5.41, 5.74) is 5.38. The molecule has 1 aromatic rings. The fourth-order valence-electron chi connectivity index (χ4n) is 2.21. The Labute approximate surface area is 115 Å². The van der Waals surface area contributed by atoms with Crippen LogP contribution in [0.1, 0.15) is 35.1 Å². The standard InChI is InChI=1S/C16H24N2O/c1-11-4-5-14(13(3)12(11)2)8-9-17-16(19)10-18-15-6-7-15/h4-5,15,18H,6-10H2,1-3H3,(H,17,19). The Morgan fingerprint density at radius 2 is 1.95 bits per heavy atom. The largest absolute Gasteiger partial charge is 0.355 e. The van der Waals surface area contributed by atoms with E-state index in [0.717, 1.165) is 6.42 Å². The van der Waals surface area contributed by atoms with Crippen molar-refractivity contribution in [3.8, 4) is 0 Å². The molecular weight excluding hydrogens is 236 g/mol. The molecule has 1 fully saturated rings. The molecule has 19 heavy (non-hydrogen) atoms. The van der Waals surface area contributed by atoms with Crippen LogP contribution >= 0.6 is 0 Å². The lowest BCUT2D eigenvalue weighted by atomic mass is 9.97. The van der Waals surface area contributed by atoms with Crippen molar-refractivity contribution in [3.63, 3.8) is 0 Å². The van der Waals surface area contributed by atoms with Crippen molar-refractivity contribution < 1.29 is 4.79 Å². The second kappa shape index (κ2) is 6.20. The summed E-state index contributed by atoms with van der Waals surface area (Å²) in [5, 5.41) is 6.20. The average molecular weight is 260 g/mol. The van der Waals surface area contributed by atoms with E-state index in [9.17, 15) is 4.79 Å². The van der Waals surface area contributed by atoms with E-state index >= 15 is 0 Å². The molecule has 104 valence electrons. The summed E-state index contributed by atoms with van der Waals surface area (Å²) in [6.07, 6.45) is 3.34. The van der Waals surface area contributed by atoms with E-state index in [2.05, 4.69) is 43.5 Å². The van der Waals surface area contributed by atoms with Gasteiger partial charge in [-0.15, -0.1) is 0 Å². The predicted molar refractivity (Wildman–Crippen MR) is 78.4 cm³/mol. The van der Waals surface area contributed by atoms with Crippen molar-refractivity contribution in [1.82, 2.24) is 10.6 Å². The van der Waals surface area contributed by atoms with Crippen LogP contribution in [-0.2, 0) is 11.2 Å². The van der Waals surface area contributed by atoms with Gasteiger partial charge in [-0.1, -0.05) is 12.1 Å². The van der Waals surface area contributed by atoms with Crippen LogP contribution in [0.2, 0.25) is 0 Å². The minimum atomic E-state index is 0.105. The molecule has 3 heteroatoms. The summed E-state index contributed by atoms with van der Waals surface area (Å²) in [6.45, 7) is 7.63. The van der Waals surface area contributed by atoms with Gasteiger partial charge >= 0.3 is 0 Å². The SMILES string of the molecule is Cc1ccc(CCNC(=O)CNC2CC2)c(C)c1C. The summed E-state index contributed by atoms with van der Waals surface area (Å²) in [5.74, 6) is 0.105. The molecular formula is C16H24N2O. The van der Waals surface area contributed by atoms with Crippen molar-refractivity contribution in [2.75, 3.05) is 13.1 Å². The minimum Gasteiger partial charge on any atom is -0.355 e. The number of rotatable bonds is 6. The number of carbonyl (C=O) groups excluding carboxylic acids is 1. The van der Waals surface area contributed by atoms with E-state index in [1.54, 1.807) is 0 Å². The van der Waals surface area contributed by atoms with Crippen LogP contribution in [0.3, 0.4) is 0 Å². The van der Waals surface area contributed by atoms with Crippen LogP contribution in [0.4, 0.5) is 0 Å². The third-order valence-corrected chi connectivity index (χ3v) is 4.02. The average Bonchev–Trinajstić information content (AvgIpc) is 3.20. The molecule has 0 spiro atoms. The number of aryl methyl sites for hydroxylation is 1. The van der Waals surface area contributed by atoms with E-state index in [4.69, 9.17) is 0 Å². The van der Waals surface area contributed by atoms with Crippen molar-refractivity contribution in [2.45, 2.75) is 46.1 Å². The molecule has 1 saturated carbocycles. The summed E-state index contributed by atoms with van der Waals surface area (Å²) in [7, 11) is 0. The van der Waals surface area contributed by atoms with Crippen LogP contribution in [0, 0.1) is 20.8 Å². The molecule has 1 aromatic carbocycles. The molecule has 0 radical (unpaired) electrons. The Balaban J connectivity index is 1.75. The molecule has 0 heterocycles. The zero-order chi connectivity index (χ0) is 13.8. The Hall–Kier alpha value is -1.35. The fourth-order valence-corrected chi connectivity index (χ4v) is 2.21. The highest BCUT2D eigenvalue weighted by atomic mass is 16.1. The van der Waals surface area contributed by atoms with Crippen molar-refractivity contribution in [1.29, 1.82) is 0 Å². The lowest BCUT2D eigenvalue weighted by Crippen LogP contribution is -2.35. The minimum absolute atomic E-state index is 0.105. The Kier molecular flexibility index (Phi) is 4.59. The quantitative estimate of drug-likeness (QED) is 0.821.